The lowest BCUT2D eigenvalue weighted by Gasteiger charge is -2.37. The fraction of sp³-hybridized carbons (Fsp3) is 0.875. The molecule has 0 amide bonds. The van der Waals surface area contributed by atoms with E-state index in [0.717, 1.165) is 57.4 Å². The van der Waals surface area contributed by atoms with E-state index in [9.17, 15) is 0 Å². The summed E-state index contributed by atoms with van der Waals surface area (Å²) in [6.45, 7) is 8.26. The van der Waals surface area contributed by atoms with Crippen LogP contribution in [0, 0.1) is 11.3 Å². The van der Waals surface area contributed by atoms with Crippen LogP contribution in [0.15, 0.2) is 6.33 Å². The first kappa shape index (κ1) is 15.0. The van der Waals surface area contributed by atoms with Crippen LogP contribution in [-0.4, -0.2) is 40.6 Å². The second-order valence-corrected chi connectivity index (χ2v) is 7.20. The van der Waals surface area contributed by atoms with E-state index in [1.54, 1.807) is 6.33 Å². The van der Waals surface area contributed by atoms with E-state index < -0.39 is 0 Å². The predicted octanol–water partition coefficient (Wildman–Crippen LogP) is 2.03. The third kappa shape index (κ3) is 4.04. The molecule has 0 aromatic carbocycles. The number of hydrogen-bond acceptors (Lipinski definition) is 4. The van der Waals surface area contributed by atoms with Crippen LogP contribution in [0.1, 0.15) is 45.4 Å². The summed E-state index contributed by atoms with van der Waals surface area (Å²) in [5.41, 5.74) is 0.294. The van der Waals surface area contributed by atoms with E-state index in [1.165, 1.54) is 12.8 Å². The molecule has 3 rings (SSSR count). The Balaban J connectivity index is 1.69. The highest BCUT2D eigenvalue weighted by molar-refractivity contribution is 4.98. The molecule has 5 nitrogen and oxygen atoms in total. The first-order valence-corrected chi connectivity index (χ1v) is 8.35. The van der Waals surface area contributed by atoms with Crippen molar-refractivity contribution in [3.8, 4) is 0 Å². The van der Waals surface area contributed by atoms with Crippen molar-refractivity contribution < 1.29 is 4.74 Å². The SMILES string of the molecule is CC(C)Cn1ncnc1CC1(CNC2CC2)CCOCC1. The molecule has 0 atom stereocenters. The average molecular weight is 292 g/mol. The van der Waals surface area contributed by atoms with Crippen LogP contribution in [0.3, 0.4) is 0 Å². The number of hydrogen-bond donors (Lipinski definition) is 1. The van der Waals surface area contributed by atoms with Gasteiger partial charge >= 0.3 is 0 Å². The van der Waals surface area contributed by atoms with Crippen LogP contribution in [0.4, 0.5) is 0 Å². The standard InChI is InChI=1S/C16H28N4O/c1-13(2)10-20-15(18-12-19-20)9-16(5-7-21-8-6-16)11-17-14-3-4-14/h12-14,17H,3-11H2,1-2H3. The van der Waals surface area contributed by atoms with E-state index in [1.807, 2.05) is 0 Å². The van der Waals surface area contributed by atoms with E-state index >= 15 is 0 Å². The lowest BCUT2D eigenvalue weighted by molar-refractivity contribution is 0.0132. The van der Waals surface area contributed by atoms with Gasteiger partial charge in [0, 0.05) is 38.8 Å². The molecule has 1 aromatic heterocycles. The van der Waals surface area contributed by atoms with Gasteiger partial charge in [-0.25, -0.2) is 9.67 Å². The molecule has 2 heterocycles. The molecule has 0 unspecified atom stereocenters. The van der Waals surface area contributed by atoms with Crippen molar-refractivity contribution in [2.75, 3.05) is 19.8 Å². The summed E-state index contributed by atoms with van der Waals surface area (Å²) in [5, 5.41) is 8.14. The minimum atomic E-state index is 0.294. The van der Waals surface area contributed by atoms with Gasteiger partial charge in [-0.15, -0.1) is 0 Å². The Morgan fingerprint density at radius 1 is 1.38 bits per heavy atom. The van der Waals surface area contributed by atoms with E-state index in [2.05, 4.69) is 33.9 Å². The Morgan fingerprint density at radius 2 is 2.14 bits per heavy atom. The quantitative estimate of drug-likeness (QED) is 0.835. The zero-order valence-corrected chi connectivity index (χ0v) is 13.3. The van der Waals surface area contributed by atoms with Gasteiger partial charge < -0.3 is 10.1 Å². The molecule has 1 aromatic rings. The van der Waals surface area contributed by atoms with Crippen LogP contribution in [0.25, 0.3) is 0 Å². The smallest absolute Gasteiger partial charge is 0.138 e. The maximum atomic E-state index is 5.59. The molecule has 0 radical (unpaired) electrons. The van der Waals surface area contributed by atoms with Gasteiger partial charge in [-0.3, -0.25) is 0 Å². The van der Waals surface area contributed by atoms with Crippen molar-refractivity contribution in [3.05, 3.63) is 12.2 Å². The van der Waals surface area contributed by atoms with E-state index in [4.69, 9.17) is 4.74 Å². The Kier molecular flexibility index (Phi) is 4.60. The number of aromatic nitrogens is 3. The summed E-state index contributed by atoms with van der Waals surface area (Å²) >= 11 is 0. The van der Waals surface area contributed by atoms with Crippen LogP contribution >= 0.6 is 0 Å². The number of nitrogens with one attached hydrogen (secondary N) is 1. The highest BCUT2D eigenvalue weighted by Crippen LogP contribution is 2.34. The lowest BCUT2D eigenvalue weighted by Crippen LogP contribution is -2.42. The Labute approximate surface area is 127 Å². The van der Waals surface area contributed by atoms with Crippen LogP contribution in [0.2, 0.25) is 0 Å². The van der Waals surface area contributed by atoms with Crippen molar-refractivity contribution in [1.82, 2.24) is 20.1 Å². The first-order valence-electron chi connectivity index (χ1n) is 8.35. The fourth-order valence-corrected chi connectivity index (χ4v) is 3.13. The van der Waals surface area contributed by atoms with Crippen molar-refractivity contribution in [2.45, 2.75) is 58.5 Å². The normalized spacial score (nSPS) is 21.9. The van der Waals surface area contributed by atoms with Gasteiger partial charge in [0.1, 0.15) is 12.2 Å². The summed E-state index contributed by atoms with van der Waals surface area (Å²) in [5.74, 6) is 1.74. The van der Waals surface area contributed by atoms with Gasteiger partial charge in [-0.05, 0) is 37.0 Å². The fourth-order valence-electron chi connectivity index (χ4n) is 3.13. The molecule has 1 saturated heterocycles. The van der Waals surface area contributed by atoms with E-state index in [0.29, 0.717) is 11.3 Å². The summed E-state index contributed by atoms with van der Waals surface area (Å²) in [4.78, 5) is 4.53. The van der Waals surface area contributed by atoms with Gasteiger partial charge in [0.05, 0.1) is 0 Å². The van der Waals surface area contributed by atoms with Gasteiger partial charge in [-0.1, -0.05) is 13.8 Å². The summed E-state index contributed by atoms with van der Waals surface area (Å²) < 4.78 is 7.69. The van der Waals surface area contributed by atoms with Crippen molar-refractivity contribution in [3.63, 3.8) is 0 Å². The number of rotatable bonds is 7. The molecule has 0 spiro atoms. The molecule has 1 aliphatic heterocycles. The van der Waals surface area contributed by atoms with Gasteiger partial charge in [0.2, 0.25) is 0 Å². The highest BCUT2D eigenvalue weighted by atomic mass is 16.5. The van der Waals surface area contributed by atoms with Crippen molar-refractivity contribution >= 4 is 0 Å². The zero-order chi connectivity index (χ0) is 14.7. The third-order valence-electron chi connectivity index (χ3n) is 4.66. The van der Waals surface area contributed by atoms with E-state index in [-0.39, 0.29) is 0 Å². The first-order chi connectivity index (χ1) is 10.2. The maximum absolute atomic E-state index is 5.59. The monoisotopic (exact) mass is 292 g/mol. The molecule has 2 fully saturated rings. The third-order valence-corrected chi connectivity index (χ3v) is 4.66. The molecule has 1 aliphatic carbocycles. The molecule has 1 saturated carbocycles. The van der Waals surface area contributed by atoms with Crippen LogP contribution in [-0.2, 0) is 17.7 Å². The molecule has 118 valence electrons. The Hall–Kier alpha value is -0.940. The molecule has 0 bridgehead atoms. The average Bonchev–Trinajstić information content (AvgIpc) is 3.21. The van der Waals surface area contributed by atoms with Gasteiger partial charge in [0.15, 0.2) is 0 Å². The lowest BCUT2D eigenvalue weighted by atomic mass is 9.77. The van der Waals surface area contributed by atoms with Crippen LogP contribution in [0.5, 0.6) is 0 Å². The largest absolute Gasteiger partial charge is 0.381 e. The Bertz CT molecular complexity index is 447. The van der Waals surface area contributed by atoms with Gasteiger partial charge in [0.25, 0.3) is 0 Å². The summed E-state index contributed by atoms with van der Waals surface area (Å²) in [7, 11) is 0. The minimum absolute atomic E-state index is 0.294. The zero-order valence-electron chi connectivity index (χ0n) is 13.3. The molecular weight excluding hydrogens is 264 g/mol. The maximum Gasteiger partial charge on any atom is 0.138 e. The summed E-state index contributed by atoms with van der Waals surface area (Å²) in [6, 6.07) is 0.762. The topological polar surface area (TPSA) is 52.0 Å². The molecule has 2 aliphatic rings. The van der Waals surface area contributed by atoms with Crippen molar-refractivity contribution in [2.24, 2.45) is 11.3 Å². The molecule has 1 N–H and O–H groups in total. The summed E-state index contributed by atoms with van der Waals surface area (Å²) in [6.07, 6.45) is 7.66. The van der Waals surface area contributed by atoms with Crippen molar-refractivity contribution in [1.29, 1.82) is 0 Å². The van der Waals surface area contributed by atoms with Crippen LogP contribution < -0.4 is 5.32 Å². The molecule has 21 heavy (non-hydrogen) atoms. The number of ether oxygens (including phenoxy) is 1. The Morgan fingerprint density at radius 3 is 2.81 bits per heavy atom. The van der Waals surface area contributed by atoms with Gasteiger partial charge in [-0.2, -0.15) is 5.10 Å². The predicted molar refractivity (Wildman–Crippen MR) is 82.1 cm³/mol. The second kappa shape index (κ2) is 6.44. The second-order valence-electron chi connectivity index (χ2n) is 7.20. The molecular formula is C16H28N4O. The molecule has 5 heteroatoms. The number of nitrogens with zero attached hydrogens (tertiary/aromatic N) is 3. The highest BCUT2D eigenvalue weighted by Gasteiger charge is 2.36. The minimum Gasteiger partial charge on any atom is -0.381 e.